The topological polar surface area (TPSA) is 49.7 Å². The number of fused-ring (bicyclic) bond motifs is 1. The zero-order valence-electron chi connectivity index (χ0n) is 12.5. The van der Waals surface area contributed by atoms with Gasteiger partial charge in [0.05, 0.1) is 6.10 Å². The van der Waals surface area contributed by atoms with Gasteiger partial charge in [-0.1, -0.05) is 13.8 Å². The van der Waals surface area contributed by atoms with Crippen molar-refractivity contribution in [1.29, 1.82) is 0 Å². The Hall–Kier alpha value is -1.06. The van der Waals surface area contributed by atoms with Gasteiger partial charge in [0.1, 0.15) is 5.75 Å². The van der Waals surface area contributed by atoms with Crippen LogP contribution in [-0.4, -0.2) is 23.9 Å². The molecule has 19 heavy (non-hydrogen) atoms. The van der Waals surface area contributed by atoms with Gasteiger partial charge in [-0.25, -0.2) is 0 Å². The van der Waals surface area contributed by atoms with Crippen LogP contribution in [0.1, 0.15) is 47.8 Å². The smallest absolute Gasteiger partial charge is 0.122 e. The number of aliphatic hydroxyl groups excluding tert-OH is 1. The number of hydrogen-bond donors (Lipinski definition) is 2. The van der Waals surface area contributed by atoms with E-state index in [4.69, 9.17) is 4.74 Å². The van der Waals surface area contributed by atoms with Crippen LogP contribution in [-0.2, 0) is 17.6 Å². The lowest BCUT2D eigenvalue weighted by molar-refractivity contribution is 0.0186. The highest BCUT2D eigenvalue weighted by Crippen LogP contribution is 2.52. The van der Waals surface area contributed by atoms with Crippen LogP contribution >= 0.6 is 0 Å². The van der Waals surface area contributed by atoms with Gasteiger partial charge >= 0.3 is 0 Å². The van der Waals surface area contributed by atoms with Crippen molar-refractivity contribution in [3.8, 4) is 5.75 Å². The number of hydrogen-bond acceptors (Lipinski definition) is 3. The average Bonchev–Trinajstić information content (AvgIpc) is 2.63. The molecule has 0 saturated heterocycles. The zero-order chi connectivity index (χ0) is 14.4. The van der Waals surface area contributed by atoms with E-state index in [2.05, 4.69) is 20.8 Å². The van der Waals surface area contributed by atoms with Crippen molar-refractivity contribution in [3.63, 3.8) is 0 Å². The van der Waals surface area contributed by atoms with Crippen LogP contribution < -0.4 is 0 Å². The van der Waals surface area contributed by atoms with Gasteiger partial charge in [-0.05, 0) is 54.4 Å². The minimum atomic E-state index is -0.0103. The standard InChI is InChI=1S/C16H24O3/c1-9-11(6-7-17)10(2)14(18)12-8-16(3,4)15(19-5)13(9)12/h15,17-18H,6-8H2,1-5H3. The van der Waals surface area contributed by atoms with E-state index in [0.717, 1.165) is 34.2 Å². The summed E-state index contributed by atoms with van der Waals surface area (Å²) < 4.78 is 5.69. The van der Waals surface area contributed by atoms with E-state index in [0.29, 0.717) is 12.2 Å². The molecular formula is C16H24O3. The van der Waals surface area contributed by atoms with Crippen molar-refractivity contribution in [2.24, 2.45) is 5.41 Å². The Morgan fingerprint density at radius 3 is 2.42 bits per heavy atom. The Bertz CT molecular complexity index is 503. The molecule has 1 aromatic rings. The average molecular weight is 264 g/mol. The Kier molecular flexibility index (Phi) is 3.63. The number of aliphatic hydroxyl groups is 1. The number of ether oxygens (including phenoxy) is 1. The molecule has 2 N–H and O–H groups in total. The second-order valence-corrected chi connectivity index (χ2v) is 6.22. The molecule has 3 nitrogen and oxygen atoms in total. The highest BCUT2D eigenvalue weighted by Gasteiger charge is 2.42. The van der Waals surface area contributed by atoms with Crippen LogP contribution in [0.4, 0.5) is 0 Å². The first-order chi connectivity index (χ1) is 8.85. The summed E-state index contributed by atoms with van der Waals surface area (Å²) in [5.74, 6) is 0.386. The van der Waals surface area contributed by atoms with Crippen molar-refractivity contribution >= 4 is 0 Å². The molecule has 0 bridgehead atoms. The lowest BCUT2D eigenvalue weighted by Gasteiger charge is -2.27. The van der Waals surface area contributed by atoms with Gasteiger partial charge in [0.25, 0.3) is 0 Å². The van der Waals surface area contributed by atoms with E-state index in [1.54, 1.807) is 7.11 Å². The molecule has 0 aliphatic heterocycles. The predicted octanol–water partition coefficient (Wildman–Crippen LogP) is 2.81. The molecule has 0 amide bonds. The van der Waals surface area contributed by atoms with Gasteiger partial charge in [0.2, 0.25) is 0 Å². The molecule has 1 aliphatic rings. The van der Waals surface area contributed by atoms with Crippen molar-refractivity contribution in [3.05, 3.63) is 27.8 Å². The van der Waals surface area contributed by atoms with Crippen LogP contribution in [0.2, 0.25) is 0 Å². The summed E-state index contributed by atoms with van der Waals surface area (Å²) in [6, 6.07) is 0. The van der Waals surface area contributed by atoms with Crippen LogP contribution in [0.25, 0.3) is 0 Å². The fourth-order valence-corrected chi connectivity index (χ4v) is 3.56. The third kappa shape index (κ3) is 2.05. The molecule has 1 atom stereocenters. The summed E-state index contributed by atoms with van der Waals surface area (Å²) in [5.41, 5.74) is 5.25. The van der Waals surface area contributed by atoms with Gasteiger partial charge in [0, 0.05) is 19.3 Å². The highest BCUT2D eigenvalue weighted by atomic mass is 16.5. The van der Waals surface area contributed by atoms with Gasteiger partial charge in [-0.3, -0.25) is 0 Å². The first-order valence-corrected chi connectivity index (χ1v) is 6.82. The number of phenols is 1. The number of aromatic hydroxyl groups is 1. The molecule has 2 rings (SSSR count). The molecule has 0 spiro atoms. The van der Waals surface area contributed by atoms with Crippen LogP contribution in [0.3, 0.4) is 0 Å². The van der Waals surface area contributed by atoms with Crippen LogP contribution in [0.15, 0.2) is 0 Å². The third-order valence-corrected chi connectivity index (χ3v) is 4.48. The van der Waals surface area contributed by atoms with Crippen molar-refractivity contribution in [1.82, 2.24) is 0 Å². The molecule has 0 fully saturated rings. The molecule has 3 heteroatoms. The predicted molar refractivity (Wildman–Crippen MR) is 75.6 cm³/mol. The fraction of sp³-hybridized carbons (Fsp3) is 0.625. The van der Waals surface area contributed by atoms with E-state index in [9.17, 15) is 10.2 Å². The first kappa shape index (κ1) is 14.4. The molecule has 1 aromatic carbocycles. The summed E-state index contributed by atoms with van der Waals surface area (Å²) in [5, 5.41) is 19.7. The first-order valence-electron chi connectivity index (χ1n) is 6.82. The van der Waals surface area contributed by atoms with Crippen molar-refractivity contribution < 1.29 is 14.9 Å². The van der Waals surface area contributed by atoms with Gasteiger partial charge < -0.3 is 14.9 Å². The fourth-order valence-electron chi connectivity index (χ4n) is 3.56. The summed E-state index contributed by atoms with van der Waals surface area (Å²) in [4.78, 5) is 0. The maximum Gasteiger partial charge on any atom is 0.122 e. The molecule has 0 aromatic heterocycles. The molecule has 1 unspecified atom stereocenters. The largest absolute Gasteiger partial charge is 0.507 e. The second kappa shape index (κ2) is 4.80. The monoisotopic (exact) mass is 264 g/mol. The summed E-state index contributed by atoms with van der Waals surface area (Å²) in [6.45, 7) is 8.44. The van der Waals surface area contributed by atoms with Crippen LogP contribution in [0, 0.1) is 19.3 Å². The normalized spacial score (nSPS) is 20.6. The summed E-state index contributed by atoms with van der Waals surface area (Å²) in [6.07, 6.45) is 1.41. The minimum absolute atomic E-state index is 0.00597. The Balaban J connectivity index is 2.69. The Morgan fingerprint density at radius 1 is 1.26 bits per heavy atom. The van der Waals surface area contributed by atoms with E-state index in [-0.39, 0.29) is 18.1 Å². The number of phenolic OH excluding ortho intramolecular Hbond substituents is 1. The molecular weight excluding hydrogens is 240 g/mol. The van der Waals surface area contributed by atoms with Gasteiger partial charge in [-0.15, -0.1) is 0 Å². The molecule has 1 aliphatic carbocycles. The van der Waals surface area contributed by atoms with Gasteiger partial charge in [0.15, 0.2) is 0 Å². The number of benzene rings is 1. The summed E-state index contributed by atoms with van der Waals surface area (Å²) in [7, 11) is 1.73. The van der Waals surface area contributed by atoms with E-state index < -0.39 is 0 Å². The maximum absolute atomic E-state index is 10.5. The zero-order valence-corrected chi connectivity index (χ0v) is 12.5. The second-order valence-electron chi connectivity index (χ2n) is 6.22. The maximum atomic E-state index is 10.5. The quantitative estimate of drug-likeness (QED) is 0.882. The van der Waals surface area contributed by atoms with Gasteiger partial charge in [-0.2, -0.15) is 0 Å². The number of methoxy groups -OCH3 is 1. The highest BCUT2D eigenvalue weighted by molar-refractivity contribution is 5.58. The summed E-state index contributed by atoms with van der Waals surface area (Å²) >= 11 is 0. The van der Waals surface area contributed by atoms with E-state index in [1.807, 2.05) is 6.92 Å². The molecule has 0 radical (unpaired) electrons. The molecule has 106 valence electrons. The third-order valence-electron chi connectivity index (χ3n) is 4.48. The van der Waals surface area contributed by atoms with Crippen LogP contribution in [0.5, 0.6) is 5.75 Å². The van der Waals surface area contributed by atoms with E-state index >= 15 is 0 Å². The Labute approximate surface area is 115 Å². The van der Waals surface area contributed by atoms with Crippen molar-refractivity contribution in [2.45, 2.75) is 46.6 Å². The lowest BCUT2D eigenvalue weighted by atomic mass is 9.86. The molecule has 0 heterocycles. The Morgan fingerprint density at radius 2 is 1.89 bits per heavy atom. The minimum Gasteiger partial charge on any atom is -0.507 e. The van der Waals surface area contributed by atoms with E-state index in [1.165, 1.54) is 0 Å². The lowest BCUT2D eigenvalue weighted by Crippen LogP contribution is -2.19. The molecule has 0 saturated carbocycles. The SMILES string of the molecule is COC1c2c(C)c(CCO)c(C)c(O)c2CC1(C)C. The van der Waals surface area contributed by atoms with Crippen molar-refractivity contribution in [2.75, 3.05) is 13.7 Å². The number of rotatable bonds is 3.